The average Bonchev–Trinajstić information content (AvgIpc) is 2.93. The predicted molar refractivity (Wildman–Crippen MR) is 148 cm³/mol. The van der Waals surface area contributed by atoms with E-state index in [0.29, 0.717) is 28.8 Å². The molecule has 0 radical (unpaired) electrons. The molecule has 4 rings (SSSR count). The Morgan fingerprint density at radius 1 is 1.14 bits per heavy atom. The lowest BCUT2D eigenvalue weighted by molar-refractivity contribution is 0.179. The topological polar surface area (TPSA) is 86.5 Å². The van der Waals surface area contributed by atoms with E-state index >= 15 is 0 Å². The zero-order valence-corrected chi connectivity index (χ0v) is 22.3. The third-order valence-electron chi connectivity index (χ3n) is 5.94. The van der Waals surface area contributed by atoms with Crippen molar-refractivity contribution in [2.75, 3.05) is 56.2 Å². The number of halogens is 1. The molecule has 1 unspecified atom stereocenters. The second-order valence-electron chi connectivity index (χ2n) is 8.83. The van der Waals surface area contributed by atoms with Crippen LogP contribution in [0, 0.1) is 29.6 Å². The van der Waals surface area contributed by atoms with E-state index in [2.05, 4.69) is 59.9 Å². The van der Waals surface area contributed by atoms with E-state index < -0.39 is 0 Å². The monoisotopic (exact) mass is 560 g/mol. The number of aromatic nitrogens is 2. The molecular weight excluding hydrogens is 532 g/mol. The van der Waals surface area contributed by atoms with Gasteiger partial charge in [0.15, 0.2) is 6.61 Å². The second kappa shape index (κ2) is 13.0. The number of rotatable bonds is 10. The van der Waals surface area contributed by atoms with Crippen molar-refractivity contribution in [1.29, 1.82) is 5.26 Å². The molecule has 8 nitrogen and oxygen atoms in total. The van der Waals surface area contributed by atoms with Gasteiger partial charge < -0.3 is 19.7 Å². The number of ether oxygens (including phenoxy) is 2. The Hall–Kier alpha value is -3.79. The number of hydrogen-bond donors (Lipinski definition) is 1. The molecule has 3 aromatic rings. The highest BCUT2D eigenvalue weighted by atomic mass is 79.9. The fourth-order valence-corrected chi connectivity index (χ4v) is 4.47. The number of hydrogen-bond acceptors (Lipinski definition) is 8. The molecule has 37 heavy (non-hydrogen) atoms. The van der Waals surface area contributed by atoms with Crippen LogP contribution in [0.25, 0.3) is 0 Å². The van der Waals surface area contributed by atoms with Crippen molar-refractivity contribution >= 4 is 33.3 Å². The normalized spacial score (nSPS) is 14.3. The van der Waals surface area contributed by atoms with E-state index in [9.17, 15) is 5.26 Å². The number of nitrogens with one attached hydrogen (secondary N) is 1. The van der Waals surface area contributed by atoms with Crippen molar-refractivity contribution in [2.45, 2.75) is 6.92 Å². The smallest absolute Gasteiger partial charge is 0.233 e. The largest absolute Gasteiger partial charge is 0.493 e. The zero-order valence-electron chi connectivity index (χ0n) is 20.7. The highest BCUT2D eigenvalue weighted by Crippen LogP contribution is 2.26. The molecule has 0 spiro atoms. The lowest BCUT2D eigenvalue weighted by Crippen LogP contribution is -2.48. The molecule has 1 aromatic heterocycles. The van der Waals surface area contributed by atoms with Gasteiger partial charge in [0.1, 0.15) is 11.8 Å². The van der Waals surface area contributed by atoms with Crippen molar-refractivity contribution < 1.29 is 9.47 Å². The van der Waals surface area contributed by atoms with Crippen LogP contribution in [-0.4, -0.2) is 60.8 Å². The summed E-state index contributed by atoms with van der Waals surface area (Å²) in [5.41, 5.74) is 2.57. The van der Waals surface area contributed by atoms with E-state index in [4.69, 9.17) is 15.9 Å². The summed E-state index contributed by atoms with van der Waals surface area (Å²) in [7, 11) is 0. The molecular formula is C28H29BrN6O2. The Balaban J connectivity index is 1.25. The van der Waals surface area contributed by atoms with Gasteiger partial charge >= 0.3 is 0 Å². The molecule has 0 bridgehead atoms. The highest BCUT2D eigenvalue weighted by molar-refractivity contribution is 9.10. The lowest BCUT2D eigenvalue weighted by Gasteiger charge is -2.37. The van der Waals surface area contributed by atoms with Crippen LogP contribution in [0.5, 0.6) is 11.6 Å². The first kappa shape index (κ1) is 26.3. The molecule has 190 valence electrons. The molecule has 9 heteroatoms. The molecule has 0 saturated carbocycles. The zero-order chi connectivity index (χ0) is 26.0. The lowest BCUT2D eigenvalue weighted by atomic mass is 10.1. The maximum absolute atomic E-state index is 9.39. The van der Waals surface area contributed by atoms with Crippen LogP contribution < -0.4 is 19.7 Å². The van der Waals surface area contributed by atoms with Crippen LogP contribution in [0.1, 0.15) is 12.5 Å². The summed E-state index contributed by atoms with van der Waals surface area (Å²) in [5, 5.41) is 12.6. The average molecular weight is 561 g/mol. The quantitative estimate of drug-likeness (QED) is 0.357. The first-order valence-electron chi connectivity index (χ1n) is 12.1. The summed E-state index contributed by atoms with van der Waals surface area (Å²) >= 11 is 3.36. The van der Waals surface area contributed by atoms with Gasteiger partial charge in [0.05, 0.1) is 28.5 Å². The minimum atomic E-state index is 0.126. The minimum Gasteiger partial charge on any atom is -0.493 e. The molecule has 2 aromatic carbocycles. The summed E-state index contributed by atoms with van der Waals surface area (Å²) in [4.78, 5) is 13.4. The number of benzene rings is 2. The number of nitriles is 1. The van der Waals surface area contributed by atoms with Crippen LogP contribution >= 0.6 is 15.9 Å². The molecule has 0 aliphatic carbocycles. The SMILES string of the molecule is C#CCOc1nc(Nc2cccc(OCC(C)CN3CCN(c4ccccc4C#N)CC3)c2)ncc1Br. The molecule has 1 N–H and O–H groups in total. The number of anilines is 3. The number of nitrogens with zero attached hydrogens (tertiary/aromatic N) is 5. The molecule has 1 aliphatic rings. The Kier molecular flexibility index (Phi) is 9.20. The van der Waals surface area contributed by atoms with Gasteiger partial charge in [-0.25, -0.2) is 4.98 Å². The van der Waals surface area contributed by atoms with Gasteiger partial charge in [0.25, 0.3) is 0 Å². The van der Waals surface area contributed by atoms with E-state index in [0.717, 1.165) is 55.4 Å². The van der Waals surface area contributed by atoms with Gasteiger partial charge in [-0.1, -0.05) is 31.0 Å². The predicted octanol–water partition coefficient (Wildman–Crippen LogP) is 4.70. The summed E-state index contributed by atoms with van der Waals surface area (Å²) in [5.74, 6) is 4.34. The summed E-state index contributed by atoms with van der Waals surface area (Å²) < 4.78 is 12.2. The van der Waals surface area contributed by atoms with Crippen LogP contribution in [0.15, 0.2) is 59.2 Å². The van der Waals surface area contributed by atoms with Crippen molar-refractivity contribution in [3.63, 3.8) is 0 Å². The van der Waals surface area contributed by atoms with E-state index in [1.807, 2.05) is 48.5 Å². The van der Waals surface area contributed by atoms with Gasteiger partial charge in [-0.05, 0) is 40.2 Å². The van der Waals surface area contributed by atoms with Gasteiger partial charge in [-0.3, -0.25) is 4.90 Å². The standard InChI is InChI=1S/C28H29BrN6O2/c1-3-15-36-27-25(29)18-31-28(33-27)32-23-8-6-9-24(16-23)37-20-21(2)19-34-11-13-35(14-12-34)26-10-5-4-7-22(26)17-30/h1,4-10,16,18,21H,11-15,19-20H2,2H3,(H,31,32,33). The Morgan fingerprint density at radius 2 is 1.95 bits per heavy atom. The second-order valence-corrected chi connectivity index (χ2v) is 9.68. The van der Waals surface area contributed by atoms with Gasteiger partial charge in [-0.2, -0.15) is 10.2 Å². The summed E-state index contributed by atoms with van der Waals surface area (Å²) in [6.45, 7) is 7.64. The Morgan fingerprint density at radius 3 is 2.73 bits per heavy atom. The fourth-order valence-electron chi connectivity index (χ4n) is 4.16. The van der Waals surface area contributed by atoms with Crippen LogP contribution in [-0.2, 0) is 0 Å². The highest BCUT2D eigenvalue weighted by Gasteiger charge is 2.20. The van der Waals surface area contributed by atoms with Crippen LogP contribution in [0.4, 0.5) is 17.3 Å². The third kappa shape index (κ3) is 7.36. The van der Waals surface area contributed by atoms with Crippen molar-refractivity contribution in [3.05, 3.63) is 64.8 Å². The summed E-state index contributed by atoms with van der Waals surface area (Å²) in [6.07, 6.45) is 6.88. The molecule has 1 saturated heterocycles. The molecule has 2 heterocycles. The number of piperazine rings is 1. The minimum absolute atomic E-state index is 0.126. The first-order chi connectivity index (χ1) is 18.1. The van der Waals surface area contributed by atoms with Gasteiger partial charge in [0.2, 0.25) is 11.8 Å². The van der Waals surface area contributed by atoms with Crippen LogP contribution in [0.3, 0.4) is 0 Å². The molecule has 1 fully saturated rings. The van der Waals surface area contributed by atoms with E-state index in [-0.39, 0.29) is 6.61 Å². The first-order valence-corrected chi connectivity index (χ1v) is 12.9. The van der Waals surface area contributed by atoms with Crippen molar-refractivity contribution in [2.24, 2.45) is 5.92 Å². The van der Waals surface area contributed by atoms with E-state index in [1.165, 1.54) is 0 Å². The van der Waals surface area contributed by atoms with Crippen molar-refractivity contribution in [3.8, 4) is 30.0 Å². The van der Waals surface area contributed by atoms with Crippen molar-refractivity contribution in [1.82, 2.24) is 14.9 Å². The Bertz CT molecular complexity index is 1280. The molecule has 0 amide bonds. The van der Waals surface area contributed by atoms with E-state index in [1.54, 1.807) is 6.20 Å². The molecule has 1 aliphatic heterocycles. The van der Waals surface area contributed by atoms with Gasteiger partial charge in [0, 0.05) is 50.4 Å². The fraction of sp³-hybridized carbons (Fsp3) is 0.321. The maximum atomic E-state index is 9.39. The van der Waals surface area contributed by atoms with Gasteiger partial charge in [-0.15, -0.1) is 6.42 Å². The van der Waals surface area contributed by atoms with Crippen LogP contribution in [0.2, 0.25) is 0 Å². The number of terminal acetylenes is 1. The number of para-hydroxylation sites is 1. The molecule has 1 atom stereocenters. The Labute approximate surface area is 226 Å². The third-order valence-corrected chi connectivity index (χ3v) is 6.48. The maximum Gasteiger partial charge on any atom is 0.233 e. The summed E-state index contributed by atoms with van der Waals surface area (Å²) in [6, 6.07) is 17.8.